The SMILES string of the molecule is c1cc(CNCC2C3CC4CC(C3)CC2C4)ccn1. The number of hydrogen-bond acceptors (Lipinski definition) is 2. The second kappa shape index (κ2) is 4.90. The minimum atomic E-state index is 0.967. The predicted octanol–water partition coefficient (Wildman–Crippen LogP) is 3.24. The average molecular weight is 256 g/mol. The van der Waals surface area contributed by atoms with Crippen LogP contribution in [0.15, 0.2) is 24.5 Å². The molecular weight excluding hydrogens is 232 g/mol. The van der Waals surface area contributed by atoms with Gasteiger partial charge in [0, 0.05) is 18.9 Å². The molecule has 19 heavy (non-hydrogen) atoms. The number of pyridine rings is 1. The third-order valence-electron chi connectivity index (χ3n) is 5.88. The van der Waals surface area contributed by atoms with Gasteiger partial charge in [-0.1, -0.05) is 0 Å². The molecule has 2 nitrogen and oxygen atoms in total. The highest BCUT2D eigenvalue weighted by atomic mass is 14.9. The summed E-state index contributed by atoms with van der Waals surface area (Å²) in [5, 5.41) is 3.70. The van der Waals surface area contributed by atoms with Crippen molar-refractivity contribution in [2.75, 3.05) is 6.54 Å². The zero-order valence-corrected chi connectivity index (χ0v) is 11.6. The molecule has 0 aliphatic heterocycles. The zero-order chi connectivity index (χ0) is 12.7. The Morgan fingerprint density at radius 1 is 0.947 bits per heavy atom. The average Bonchev–Trinajstić information content (AvgIpc) is 2.42. The normalized spacial score (nSPS) is 39.7. The van der Waals surface area contributed by atoms with Gasteiger partial charge < -0.3 is 5.32 Å². The molecule has 0 saturated heterocycles. The van der Waals surface area contributed by atoms with Crippen molar-refractivity contribution in [2.24, 2.45) is 29.6 Å². The molecule has 0 amide bonds. The van der Waals surface area contributed by atoms with E-state index in [0.29, 0.717) is 0 Å². The Balaban J connectivity index is 1.34. The van der Waals surface area contributed by atoms with Crippen LogP contribution in [-0.4, -0.2) is 11.5 Å². The van der Waals surface area contributed by atoms with Crippen molar-refractivity contribution in [1.82, 2.24) is 10.3 Å². The predicted molar refractivity (Wildman–Crippen MR) is 76.5 cm³/mol. The van der Waals surface area contributed by atoms with Crippen LogP contribution in [0.4, 0.5) is 0 Å². The summed E-state index contributed by atoms with van der Waals surface area (Å²) >= 11 is 0. The summed E-state index contributed by atoms with van der Waals surface area (Å²) < 4.78 is 0. The molecule has 5 rings (SSSR count). The summed E-state index contributed by atoms with van der Waals surface area (Å²) in [6.07, 6.45) is 11.5. The maximum Gasteiger partial charge on any atom is 0.0271 e. The minimum Gasteiger partial charge on any atom is -0.312 e. The van der Waals surface area contributed by atoms with Crippen LogP contribution in [0.25, 0.3) is 0 Å². The van der Waals surface area contributed by atoms with E-state index < -0.39 is 0 Å². The van der Waals surface area contributed by atoms with Gasteiger partial charge in [-0.2, -0.15) is 0 Å². The molecule has 4 bridgehead atoms. The van der Waals surface area contributed by atoms with Gasteiger partial charge >= 0.3 is 0 Å². The summed E-state index contributed by atoms with van der Waals surface area (Å²) in [6.45, 7) is 2.24. The standard InChI is InChI=1S/C17H24N2/c1-3-18-4-2-12(1)10-19-11-17-15-6-13-5-14(8-15)9-16(17)7-13/h1-4,13-17,19H,5-11H2. The Labute approximate surface area is 116 Å². The molecule has 0 unspecified atom stereocenters. The van der Waals surface area contributed by atoms with Gasteiger partial charge in [0.1, 0.15) is 0 Å². The van der Waals surface area contributed by atoms with Crippen molar-refractivity contribution in [3.63, 3.8) is 0 Å². The van der Waals surface area contributed by atoms with Crippen molar-refractivity contribution in [2.45, 2.75) is 38.6 Å². The Morgan fingerprint density at radius 2 is 1.58 bits per heavy atom. The Hall–Kier alpha value is -0.890. The van der Waals surface area contributed by atoms with Crippen molar-refractivity contribution in [1.29, 1.82) is 0 Å². The lowest BCUT2D eigenvalue weighted by molar-refractivity contribution is -0.0355. The molecule has 2 heteroatoms. The summed E-state index contributed by atoms with van der Waals surface area (Å²) in [4.78, 5) is 4.08. The fourth-order valence-corrected chi connectivity index (χ4v) is 5.26. The van der Waals surface area contributed by atoms with E-state index in [9.17, 15) is 0 Å². The van der Waals surface area contributed by atoms with Crippen LogP contribution < -0.4 is 5.32 Å². The molecule has 0 aromatic carbocycles. The van der Waals surface area contributed by atoms with E-state index in [0.717, 1.165) is 36.1 Å². The summed E-state index contributed by atoms with van der Waals surface area (Å²) in [7, 11) is 0. The maximum atomic E-state index is 4.08. The molecule has 1 heterocycles. The quantitative estimate of drug-likeness (QED) is 0.894. The second-order valence-electron chi connectivity index (χ2n) is 7.08. The highest BCUT2D eigenvalue weighted by Crippen LogP contribution is 2.56. The van der Waals surface area contributed by atoms with Gasteiger partial charge in [-0.25, -0.2) is 0 Å². The highest BCUT2D eigenvalue weighted by molar-refractivity contribution is 5.09. The molecule has 4 fully saturated rings. The van der Waals surface area contributed by atoms with Crippen molar-refractivity contribution < 1.29 is 0 Å². The van der Waals surface area contributed by atoms with Gasteiger partial charge in [0.15, 0.2) is 0 Å². The van der Waals surface area contributed by atoms with Crippen LogP contribution in [0.1, 0.15) is 37.7 Å². The van der Waals surface area contributed by atoms with Crippen LogP contribution in [0.3, 0.4) is 0 Å². The molecule has 0 radical (unpaired) electrons. The molecule has 4 aliphatic carbocycles. The van der Waals surface area contributed by atoms with Crippen LogP contribution in [0, 0.1) is 29.6 Å². The molecule has 1 N–H and O–H groups in total. The van der Waals surface area contributed by atoms with Crippen LogP contribution in [0.2, 0.25) is 0 Å². The molecule has 0 atom stereocenters. The highest BCUT2D eigenvalue weighted by Gasteiger charge is 2.47. The number of nitrogens with one attached hydrogen (secondary N) is 1. The Morgan fingerprint density at radius 3 is 2.21 bits per heavy atom. The van der Waals surface area contributed by atoms with Gasteiger partial charge in [-0.15, -0.1) is 0 Å². The second-order valence-corrected chi connectivity index (χ2v) is 7.08. The Bertz CT molecular complexity index is 400. The number of nitrogens with zero attached hydrogens (tertiary/aromatic N) is 1. The molecular formula is C17H24N2. The number of hydrogen-bond donors (Lipinski definition) is 1. The first-order valence-corrected chi connectivity index (χ1v) is 7.98. The van der Waals surface area contributed by atoms with Crippen molar-refractivity contribution >= 4 is 0 Å². The fourth-order valence-electron chi connectivity index (χ4n) is 5.26. The zero-order valence-electron chi connectivity index (χ0n) is 11.6. The summed E-state index contributed by atoms with van der Waals surface area (Å²) in [5.74, 6) is 5.25. The van der Waals surface area contributed by atoms with E-state index in [1.807, 2.05) is 12.4 Å². The molecule has 102 valence electrons. The van der Waals surface area contributed by atoms with Crippen LogP contribution in [-0.2, 0) is 6.54 Å². The minimum absolute atomic E-state index is 0.967. The van der Waals surface area contributed by atoms with Gasteiger partial charge in [-0.05, 0) is 85.9 Å². The van der Waals surface area contributed by atoms with Gasteiger partial charge in [0.25, 0.3) is 0 Å². The number of aromatic nitrogens is 1. The molecule has 1 aromatic rings. The Kier molecular flexibility index (Phi) is 3.07. The van der Waals surface area contributed by atoms with Gasteiger partial charge in [0.2, 0.25) is 0 Å². The number of rotatable bonds is 4. The third-order valence-corrected chi connectivity index (χ3v) is 5.88. The molecule has 1 aromatic heterocycles. The lowest BCUT2D eigenvalue weighted by Gasteiger charge is -2.54. The van der Waals surface area contributed by atoms with E-state index in [1.54, 1.807) is 6.42 Å². The van der Waals surface area contributed by atoms with E-state index >= 15 is 0 Å². The summed E-state index contributed by atoms with van der Waals surface area (Å²) in [5.41, 5.74) is 1.36. The lowest BCUT2D eigenvalue weighted by Crippen LogP contribution is -2.48. The summed E-state index contributed by atoms with van der Waals surface area (Å²) in [6, 6.07) is 4.23. The fraction of sp³-hybridized carbons (Fsp3) is 0.706. The monoisotopic (exact) mass is 256 g/mol. The van der Waals surface area contributed by atoms with Crippen LogP contribution >= 0.6 is 0 Å². The van der Waals surface area contributed by atoms with Gasteiger partial charge in [-0.3, -0.25) is 4.98 Å². The first-order chi connectivity index (χ1) is 9.38. The lowest BCUT2D eigenvalue weighted by atomic mass is 9.52. The third kappa shape index (κ3) is 2.31. The molecule has 4 saturated carbocycles. The first kappa shape index (κ1) is 11.9. The largest absolute Gasteiger partial charge is 0.312 e. The van der Waals surface area contributed by atoms with Crippen molar-refractivity contribution in [3.05, 3.63) is 30.1 Å². The topological polar surface area (TPSA) is 24.9 Å². The van der Waals surface area contributed by atoms with Crippen molar-refractivity contribution in [3.8, 4) is 0 Å². The molecule has 0 spiro atoms. The van der Waals surface area contributed by atoms with Gasteiger partial charge in [0.05, 0.1) is 0 Å². The van der Waals surface area contributed by atoms with E-state index in [4.69, 9.17) is 0 Å². The van der Waals surface area contributed by atoms with E-state index in [2.05, 4.69) is 22.4 Å². The molecule has 4 aliphatic rings. The van der Waals surface area contributed by atoms with E-state index in [1.165, 1.54) is 37.8 Å². The maximum absolute atomic E-state index is 4.08. The van der Waals surface area contributed by atoms with Crippen LogP contribution in [0.5, 0.6) is 0 Å². The van der Waals surface area contributed by atoms with E-state index in [-0.39, 0.29) is 0 Å². The first-order valence-electron chi connectivity index (χ1n) is 7.98. The smallest absolute Gasteiger partial charge is 0.0271 e.